The van der Waals surface area contributed by atoms with Crippen LogP contribution < -0.4 is 14.4 Å². The van der Waals surface area contributed by atoms with Crippen molar-refractivity contribution in [1.82, 2.24) is 5.32 Å². The van der Waals surface area contributed by atoms with Crippen molar-refractivity contribution in [3.63, 3.8) is 0 Å². The lowest BCUT2D eigenvalue weighted by Crippen LogP contribution is -2.50. The van der Waals surface area contributed by atoms with Gasteiger partial charge in [0.2, 0.25) is 10.0 Å². The largest absolute Gasteiger partial charge is 0.476 e. The maximum atomic E-state index is 12.6. The van der Waals surface area contributed by atoms with Crippen molar-refractivity contribution in [3.05, 3.63) is 53.1 Å². The molecule has 2 aromatic rings. The van der Waals surface area contributed by atoms with Crippen LogP contribution in [0.15, 0.2) is 47.4 Å². The minimum absolute atomic E-state index is 0.00939. The summed E-state index contributed by atoms with van der Waals surface area (Å²) in [6, 6.07) is 10.9. The summed E-state index contributed by atoms with van der Waals surface area (Å²) in [5.74, 6) is -0.510. The Labute approximate surface area is 180 Å². The Bertz CT molecular complexity index is 1180. The monoisotopic (exact) mass is 472 g/mol. The summed E-state index contributed by atoms with van der Waals surface area (Å²) in [7, 11) is -7.33. The van der Waals surface area contributed by atoms with Gasteiger partial charge in [-0.25, -0.2) is 16.8 Å². The van der Waals surface area contributed by atoms with Gasteiger partial charge in [0.25, 0.3) is 5.91 Å². The van der Waals surface area contributed by atoms with Crippen LogP contribution in [0.5, 0.6) is 5.75 Å². The van der Waals surface area contributed by atoms with E-state index in [-0.39, 0.29) is 35.2 Å². The average Bonchev–Trinajstić information content (AvgIpc) is 2.70. The van der Waals surface area contributed by atoms with E-state index < -0.39 is 31.9 Å². The number of nitrogens with one attached hydrogen (secondary N) is 1. The SMILES string of the molecule is CCS(=O)(=O)c1ccc2c(c1)N(S(C)(=O)=O)C[C@@H](C(=O)NCc1cccc(Cl)c1)O2. The third-order valence-electron chi connectivity index (χ3n) is 4.59. The number of fused-ring (bicyclic) bond motifs is 1. The lowest BCUT2D eigenvalue weighted by atomic mass is 10.2. The number of hydrogen-bond acceptors (Lipinski definition) is 6. The van der Waals surface area contributed by atoms with Crippen LogP contribution in [0.25, 0.3) is 0 Å². The van der Waals surface area contributed by atoms with E-state index in [2.05, 4.69) is 5.32 Å². The van der Waals surface area contributed by atoms with Gasteiger partial charge >= 0.3 is 0 Å². The predicted molar refractivity (Wildman–Crippen MR) is 114 cm³/mol. The highest BCUT2D eigenvalue weighted by Gasteiger charge is 2.35. The molecular weight excluding hydrogens is 452 g/mol. The van der Waals surface area contributed by atoms with Crippen molar-refractivity contribution >= 4 is 43.1 Å². The molecule has 1 N–H and O–H groups in total. The van der Waals surface area contributed by atoms with E-state index in [1.54, 1.807) is 24.3 Å². The van der Waals surface area contributed by atoms with Crippen LogP contribution in [0.2, 0.25) is 5.02 Å². The number of halogens is 1. The normalized spacial score (nSPS) is 16.5. The molecule has 11 heteroatoms. The number of anilines is 1. The molecule has 0 radical (unpaired) electrons. The molecule has 1 aliphatic heterocycles. The molecule has 0 fully saturated rings. The van der Waals surface area contributed by atoms with Crippen LogP contribution in [0, 0.1) is 0 Å². The van der Waals surface area contributed by atoms with Crippen LogP contribution in [-0.4, -0.2) is 47.4 Å². The molecule has 1 amide bonds. The summed E-state index contributed by atoms with van der Waals surface area (Å²) >= 11 is 5.94. The molecule has 0 saturated heterocycles. The number of carbonyl (C=O) groups excluding carboxylic acids is 1. The summed E-state index contributed by atoms with van der Waals surface area (Å²) in [4.78, 5) is 12.6. The van der Waals surface area contributed by atoms with Crippen molar-refractivity contribution in [2.75, 3.05) is 22.9 Å². The molecule has 1 atom stereocenters. The smallest absolute Gasteiger partial charge is 0.263 e. The topological polar surface area (TPSA) is 110 Å². The molecule has 0 bridgehead atoms. The molecule has 0 aliphatic carbocycles. The average molecular weight is 473 g/mol. The zero-order valence-electron chi connectivity index (χ0n) is 16.3. The fourth-order valence-corrected chi connectivity index (χ4v) is 5.01. The molecule has 2 aromatic carbocycles. The highest BCUT2D eigenvalue weighted by Crippen LogP contribution is 2.37. The summed E-state index contributed by atoms with van der Waals surface area (Å²) in [6.07, 6.45) is -0.107. The van der Waals surface area contributed by atoms with E-state index in [1.165, 1.54) is 25.1 Å². The van der Waals surface area contributed by atoms with E-state index in [9.17, 15) is 21.6 Å². The molecule has 0 aromatic heterocycles. The van der Waals surface area contributed by atoms with Gasteiger partial charge in [0.15, 0.2) is 15.9 Å². The van der Waals surface area contributed by atoms with E-state index in [0.717, 1.165) is 16.1 Å². The Morgan fingerprint density at radius 2 is 1.93 bits per heavy atom. The van der Waals surface area contributed by atoms with E-state index in [0.29, 0.717) is 5.02 Å². The van der Waals surface area contributed by atoms with Gasteiger partial charge in [-0.3, -0.25) is 9.10 Å². The van der Waals surface area contributed by atoms with Gasteiger partial charge in [-0.2, -0.15) is 0 Å². The van der Waals surface area contributed by atoms with Gasteiger partial charge in [-0.05, 0) is 35.9 Å². The Morgan fingerprint density at radius 3 is 2.57 bits per heavy atom. The lowest BCUT2D eigenvalue weighted by molar-refractivity contribution is -0.127. The first kappa shape index (κ1) is 22.4. The van der Waals surface area contributed by atoms with Crippen molar-refractivity contribution in [2.24, 2.45) is 0 Å². The Balaban J connectivity index is 1.86. The Hall–Kier alpha value is -2.30. The molecule has 30 heavy (non-hydrogen) atoms. The minimum Gasteiger partial charge on any atom is -0.476 e. The van der Waals surface area contributed by atoms with Crippen LogP contribution >= 0.6 is 11.6 Å². The molecule has 0 spiro atoms. The van der Waals surface area contributed by atoms with Crippen molar-refractivity contribution in [3.8, 4) is 5.75 Å². The second-order valence-corrected chi connectivity index (χ2v) is 11.4. The number of sulfone groups is 1. The zero-order valence-corrected chi connectivity index (χ0v) is 18.7. The number of benzene rings is 2. The van der Waals surface area contributed by atoms with Gasteiger partial charge in [0, 0.05) is 11.6 Å². The quantitative estimate of drug-likeness (QED) is 0.688. The van der Waals surface area contributed by atoms with E-state index in [4.69, 9.17) is 16.3 Å². The third kappa shape index (κ3) is 4.88. The highest BCUT2D eigenvalue weighted by molar-refractivity contribution is 7.92. The second-order valence-electron chi connectivity index (χ2n) is 6.78. The molecule has 1 heterocycles. The van der Waals surface area contributed by atoms with Crippen LogP contribution in [0.1, 0.15) is 12.5 Å². The van der Waals surface area contributed by atoms with E-state index in [1.807, 2.05) is 0 Å². The fourth-order valence-electron chi connectivity index (χ4n) is 2.99. The van der Waals surface area contributed by atoms with Gasteiger partial charge in [0.1, 0.15) is 5.75 Å². The summed E-state index contributed by atoms with van der Waals surface area (Å²) in [6.45, 7) is 1.42. The predicted octanol–water partition coefficient (Wildman–Crippen LogP) is 1.98. The van der Waals surface area contributed by atoms with Crippen LogP contribution in [0.4, 0.5) is 5.69 Å². The Kier molecular flexibility index (Phi) is 6.30. The minimum atomic E-state index is -3.79. The third-order valence-corrected chi connectivity index (χ3v) is 7.70. The van der Waals surface area contributed by atoms with Crippen LogP contribution in [0.3, 0.4) is 0 Å². The molecule has 3 rings (SSSR count). The lowest BCUT2D eigenvalue weighted by Gasteiger charge is -2.34. The zero-order chi connectivity index (χ0) is 22.1. The molecule has 8 nitrogen and oxygen atoms in total. The Morgan fingerprint density at radius 1 is 1.20 bits per heavy atom. The van der Waals surface area contributed by atoms with Gasteiger partial charge in [0.05, 0.1) is 29.1 Å². The van der Waals surface area contributed by atoms with Gasteiger partial charge < -0.3 is 10.1 Å². The van der Waals surface area contributed by atoms with Crippen molar-refractivity contribution in [1.29, 1.82) is 0 Å². The summed E-state index contributed by atoms with van der Waals surface area (Å²) < 4.78 is 55.7. The van der Waals surface area contributed by atoms with Crippen LogP contribution in [-0.2, 0) is 31.2 Å². The summed E-state index contributed by atoms with van der Waals surface area (Å²) in [5.41, 5.74) is 0.868. The molecular formula is C19H21ClN2O6S2. The van der Waals surface area contributed by atoms with Crippen molar-refractivity contribution in [2.45, 2.75) is 24.5 Å². The maximum Gasteiger partial charge on any atom is 0.263 e. The fraction of sp³-hybridized carbons (Fsp3) is 0.316. The van der Waals surface area contributed by atoms with Gasteiger partial charge in [-0.1, -0.05) is 30.7 Å². The number of ether oxygens (including phenoxy) is 1. The molecule has 162 valence electrons. The number of nitrogens with zero attached hydrogens (tertiary/aromatic N) is 1. The summed E-state index contributed by atoms with van der Waals surface area (Å²) in [5, 5.41) is 3.24. The van der Waals surface area contributed by atoms with E-state index >= 15 is 0 Å². The number of hydrogen-bond donors (Lipinski definition) is 1. The second kappa shape index (κ2) is 8.44. The van der Waals surface area contributed by atoms with Crippen molar-refractivity contribution < 1.29 is 26.4 Å². The number of sulfonamides is 1. The number of rotatable bonds is 6. The van der Waals surface area contributed by atoms with Gasteiger partial charge in [-0.15, -0.1) is 0 Å². The molecule has 1 aliphatic rings. The maximum absolute atomic E-state index is 12.6. The first-order valence-corrected chi connectivity index (χ1v) is 12.9. The first-order valence-electron chi connectivity index (χ1n) is 9.04. The molecule has 0 unspecified atom stereocenters. The number of amides is 1. The standard InChI is InChI=1S/C19H21ClN2O6S2/c1-3-30(26,27)15-7-8-17-16(10-15)22(29(2,24)25)12-18(28-17)19(23)21-11-13-5-4-6-14(20)9-13/h4-10,18H,3,11-12H2,1-2H3,(H,21,23)/t18-/m0/s1. The first-order chi connectivity index (χ1) is 14.0. The highest BCUT2D eigenvalue weighted by atomic mass is 35.5. The number of carbonyl (C=O) groups is 1. The molecule has 0 saturated carbocycles.